The van der Waals surface area contributed by atoms with Gasteiger partial charge in [-0.05, 0) is 33.1 Å². The summed E-state index contributed by atoms with van der Waals surface area (Å²) < 4.78 is 0. The van der Waals surface area contributed by atoms with Gasteiger partial charge in [-0.2, -0.15) is 0 Å². The first-order valence-electron chi connectivity index (χ1n) is 5.58. The highest BCUT2D eigenvalue weighted by molar-refractivity contribution is 4.78. The summed E-state index contributed by atoms with van der Waals surface area (Å²) in [4.78, 5) is 0. The van der Waals surface area contributed by atoms with Crippen molar-refractivity contribution in [2.24, 2.45) is 0 Å². The van der Waals surface area contributed by atoms with Gasteiger partial charge in [0.2, 0.25) is 0 Å². The monoisotopic (exact) mass is 199 g/mol. The molecule has 0 spiro atoms. The highest BCUT2D eigenvalue weighted by Crippen LogP contribution is 2.10. The predicted molar refractivity (Wildman–Crippen MR) is 62.4 cm³/mol. The third kappa shape index (κ3) is 7.10. The fourth-order valence-electron chi connectivity index (χ4n) is 1.49. The molecule has 0 amide bonds. The zero-order valence-electron chi connectivity index (χ0n) is 9.84. The van der Waals surface area contributed by atoms with Crippen LogP contribution in [0.2, 0.25) is 0 Å². The maximum Gasteiger partial charge on any atom is 0.0743 e. The van der Waals surface area contributed by atoms with Gasteiger partial charge in [0.25, 0.3) is 0 Å². The van der Waals surface area contributed by atoms with Gasteiger partial charge < -0.3 is 10.4 Å². The molecule has 14 heavy (non-hydrogen) atoms. The average molecular weight is 199 g/mol. The first-order chi connectivity index (χ1) is 6.52. The molecule has 2 atom stereocenters. The third-order valence-corrected chi connectivity index (χ3v) is 2.42. The molecule has 2 nitrogen and oxygen atoms in total. The van der Waals surface area contributed by atoms with Crippen molar-refractivity contribution < 1.29 is 5.11 Å². The molecule has 84 valence electrons. The van der Waals surface area contributed by atoms with Crippen LogP contribution in [0.25, 0.3) is 0 Å². The zero-order valence-corrected chi connectivity index (χ0v) is 9.84. The summed E-state index contributed by atoms with van der Waals surface area (Å²) in [6, 6.07) is 0.455. The van der Waals surface area contributed by atoms with Crippen molar-refractivity contribution in [1.82, 2.24) is 5.32 Å². The summed E-state index contributed by atoms with van der Waals surface area (Å²) in [5, 5.41) is 13.3. The maximum atomic E-state index is 9.91. The fraction of sp³-hybridized carbons (Fsp3) is 0.833. The Morgan fingerprint density at radius 1 is 1.57 bits per heavy atom. The summed E-state index contributed by atoms with van der Waals surface area (Å²) in [5.74, 6) is 0. The highest BCUT2D eigenvalue weighted by atomic mass is 16.3. The lowest BCUT2D eigenvalue weighted by molar-refractivity contribution is 0.0474. The van der Waals surface area contributed by atoms with E-state index in [-0.39, 0.29) is 0 Å². The van der Waals surface area contributed by atoms with E-state index in [1.54, 1.807) is 0 Å². The van der Waals surface area contributed by atoms with Crippen molar-refractivity contribution >= 4 is 0 Å². The van der Waals surface area contributed by atoms with Gasteiger partial charge >= 0.3 is 0 Å². The number of hydrogen-bond acceptors (Lipinski definition) is 2. The van der Waals surface area contributed by atoms with Crippen LogP contribution in [0.3, 0.4) is 0 Å². The molecule has 0 aliphatic heterocycles. The van der Waals surface area contributed by atoms with Crippen LogP contribution < -0.4 is 5.32 Å². The molecule has 0 aromatic rings. The number of nitrogens with one attached hydrogen (secondary N) is 1. The first-order valence-corrected chi connectivity index (χ1v) is 5.58. The lowest BCUT2D eigenvalue weighted by atomic mass is 10.00. The van der Waals surface area contributed by atoms with Crippen LogP contribution in [0.5, 0.6) is 0 Å². The van der Waals surface area contributed by atoms with Crippen LogP contribution in [0.4, 0.5) is 0 Å². The number of aliphatic hydroxyl groups is 1. The molecule has 2 heteroatoms. The lowest BCUT2D eigenvalue weighted by Crippen LogP contribution is -2.41. The molecule has 0 rings (SSSR count). The molecule has 0 radical (unpaired) electrons. The molecule has 0 aliphatic carbocycles. The van der Waals surface area contributed by atoms with E-state index in [2.05, 4.69) is 25.7 Å². The molecule has 0 heterocycles. The van der Waals surface area contributed by atoms with Crippen molar-refractivity contribution in [1.29, 1.82) is 0 Å². The Labute approximate surface area is 88.4 Å². The van der Waals surface area contributed by atoms with Crippen molar-refractivity contribution in [3.8, 4) is 0 Å². The second-order valence-electron chi connectivity index (χ2n) is 4.39. The Hall–Kier alpha value is -0.340. The van der Waals surface area contributed by atoms with Gasteiger partial charge in [0.1, 0.15) is 0 Å². The number of allylic oxidation sites excluding steroid dienone is 1. The molecule has 0 fully saturated rings. The van der Waals surface area contributed by atoms with Gasteiger partial charge in [0.05, 0.1) is 5.60 Å². The van der Waals surface area contributed by atoms with Gasteiger partial charge in [-0.25, -0.2) is 0 Å². The van der Waals surface area contributed by atoms with E-state index in [4.69, 9.17) is 0 Å². The minimum absolute atomic E-state index is 0.455. The van der Waals surface area contributed by atoms with Crippen LogP contribution in [-0.2, 0) is 0 Å². The molecule has 0 aliphatic rings. The Balaban J connectivity index is 3.63. The van der Waals surface area contributed by atoms with E-state index in [0.29, 0.717) is 12.6 Å². The average Bonchev–Trinajstić information content (AvgIpc) is 2.11. The standard InChI is InChI=1S/C12H25NO/c1-5-7-8-11(3)13-10-12(4,14)9-6-2/h5,11,13-14H,1,6-10H2,2-4H3. The first kappa shape index (κ1) is 13.7. The van der Waals surface area contributed by atoms with Gasteiger partial charge in [-0.1, -0.05) is 19.4 Å². The second-order valence-corrected chi connectivity index (χ2v) is 4.39. The summed E-state index contributed by atoms with van der Waals surface area (Å²) in [6.45, 7) is 10.5. The molecule has 0 aromatic carbocycles. The molecular weight excluding hydrogens is 174 g/mol. The van der Waals surface area contributed by atoms with Gasteiger partial charge in [0, 0.05) is 12.6 Å². The summed E-state index contributed by atoms with van der Waals surface area (Å²) in [5.41, 5.74) is -0.558. The van der Waals surface area contributed by atoms with Gasteiger partial charge in [0.15, 0.2) is 0 Å². The molecule has 0 aromatic heterocycles. The van der Waals surface area contributed by atoms with Crippen molar-refractivity contribution in [3.05, 3.63) is 12.7 Å². The molecule has 0 bridgehead atoms. The van der Waals surface area contributed by atoms with E-state index in [9.17, 15) is 5.11 Å². The van der Waals surface area contributed by atoms with Crippen molar-refractivity contribution in [3.63, 3.8) is 0 Å². The van der Waals surface area contributed by atoms with Crippen LogP contribution in [-0.4, -0.2) is 23.3 Å². The summed E-state index contributed by atoms with van der Waals surface area (Å²) in [6.07, 6.45) is 5.93. The minimum Gasteiger partial charge on any atom is -0.389 e. The Morgan fingerprint density at radius 2 is 2.21 bits per heavy atom. The Kier molecular flexibility index (Phi) is 6.85. The maximum absolute atomic E-state index is 9.91. The summed E-state index contributed by atoms with van der Waals surface area (Å²) in [7, 11) is 0. The number of hydrogen-bond donors (Lipinski definition) is 2. The largest absolute Gasteiger partial charge is 0.389 e. The molecular formula is C12H25NO. The van der Waals surface area contributed by atoms with Crippen LogP contribution in [0.1, 0.15) is 46.5 Å². The van der Waals surface area contributed by atoms with E-state index >= 15 is 0 Å². The molecule has 2 N–H and O–H groups in total. The van der Waals surface area contributed by atoms with E-state index in [0.717, 1.165) is 25.7 Å². The van der Waals surface area contributed by atoms with E-state index in [1.807, 2.05) is 13.0 Å². The minimum atomic E-state index is -0.558. The topological polar surface area (TPSA) is 32.3 Å². The van der Waals surface area contributed by atoms with Crippen molar-refractivity contribution in [2.75, 3.05) is 6.54 Å². The quantitative estimate of drug-likeness (QED) is 0.589. The second kappa shape index (κ2) is 7.02. The smallest absolute Gasteiger partial charge is 0.0743 e. The zero-order chi connectivity index (χ0) is 11.0. The summed E-state index contributed by atoms with van der Waals surface area (Å²) >= 11 is 0. The normalized spacial score (nSPS) is 17.4. The van der Waals surface area contributed by atoms with Crippen molar-refractivity contribution in [2.45, 2.75) is 58.1 Å². The van der Waals surface area contributed by atoms with E-state index < -0.39 is 5.60 Å². The molecule has 0 saturated carbocycles. The highest BCUT2D eigenvalue weighted by Gasteiger charge is 2.19. The van der Waals surface area contributed by atoms with Crippen LogP contribution in [0, 0.1) is 0 Å². The molecule has 2 unspecified atom stereocenters. The number of rotatable bonds is 8. The Bertz CT molecular complexity index is 154. The lowest BCUT2D eigenvalue weighted by Gasteiger charge is -2.25. The molecule has 0 saturated heterocycles. The van der Waals surface area contributed by atoms with Crippen LogP contribution >= 0.6 is 0 Å². The third-order valence-electron chi connectivity index (χ3n) is 2.42. The van der Waals surface area contributed by atoms with E-state index in [1.165, 1.54) is 0 Å². The van der Waals surface area contributed by atoms with Gasteiger partial charge in [-0.3, -0.25) is 0 Å². The fourth-order valence-corrected chi connectivity index (χ4v) is 1.49. The van der Waals surface area contributed by atoms with Gasteiger partial charge in [-0.15, -0.1) is 6.58 Å². The predicted octanol–water partition coefficient (Wildman–Crippen LogP) is 2.48. The SMILES string of the molecule is C=CCCC(C)NCC(C)(O)CCC. The Morgan fingerprint density at radius 3 is 2.71 bits per heavy atom. The van der Waals surface area contributed by atoms with Crippen LogP contribution in [0.15, 0.2) is 12.7 Å².